The zero-order valence-electron chi connectivity index (χ0n) is 13.4. The van der Waals surface area contributed by atoms with Crippen molar-refractivity contribution in [2.75, 3.05) is 0 Å². The molecule has 0 radical (unpaired) electrons. The fourth-order valence-corrected chi connectivity index (χ4v) is 4.30. The van der Waals surface area contributed by atoms with Crippen LogP contribution in [-0.4, -0.2) is 13.4 Å². The quantitative estimate of drug-likeness (QED) is 0.794. The molecule has 0 amide bonds. The Morgan fingerprint density at radius 3 is 2.21 bits per heavy atom. The summed E-state index contributed by atoms with van der Waals surface area (Å²) in [6.07, 6.45) is 0. The third-order valence-corrected chi connectivity index (χ3v) is 5.75. The Balaban J connectivity index is 2.18. The summed E-state index contributed by atoms with van der Waals surface area (Å²) in [7, 11) is -3.87. The van der Waals surface area contributed by atoms with Gasteiger partial charge in [-0.05, 0) is 48.7 Å². The number of hydrogen-bond donors (Lipinski definition) is 1. The van der Waals surface area contributed by atoms with Crippen molar-refractivity contribution in [2.45, 2.75) is 23.6 Å². The van der Waals surface area contributed by atoms with E-state index in [-0.39, 0.29) is 9.79 Å². The standard InChI is InChI=1S/C19H17NO3S/c1-13-7-6-10-16(11-13)24(22,23)18-14(2)12-17(20-19(18)21)15-8-4-3-5-9-15/h3-12H,1-2H3,(H,20,21). The summed E-state index contributed by atoms with van der Waals surface area (Å²) in [6.45, 7) is 3.46. The third kappa shape index (κ3) is 2.90. The van der Waals surface area contributed by atoms with E-state index in [1.54, 1.807) is 25.1 Å². The lowest BCUT2D eigenvalue weighted by molar-refractivity contribution is 0.594. The minimum Gasteiger partial charge on any atom is -0.321 e. The summed E-state index contributed by atoms with van der Waals surface area (Å²) in [6, 6.07) is 17.6. The third-order valence-electron chi connectivity index (χ3n) is 3.83. The number of nitrogens with one attached hydrogen (secondary N) is 1. The summed E-state index contributed by atoms with van der Waals surface area (Å²) in [5, 5.41) is 0. The molecule has 3 aromatic rings. The van der Waals surface area contributed by atoms with Crippen LogP contribution in [0.25, 0.3) is 11.3 Å². The molecule has 0 aliphatic carbocycles. The van der Waals surface area contributed by atoms with Crippen molar-refractivity contribution in [3.63, 3.8) is 0 Å². The van der Waals surface area contributed by atoms with Gasteiger partial charge in [0, 0.05) is 5.69 Å². The molecule has 1 aromatic heterocycles. The van der Waals surface area contributed by atoms with Crippen LogP contribution in [0.15, 0.2) is 75.2 Å². The van der Waals surface area contributed by atoms with E-state index >= 15 is 0 Å². The van der Waals surface area contributed by atoms with Crippen LogP contribution in [-0.2, 0) is 9.84 Å². The fourth-order valence-electron chi connectivity index (χ4n) is 2.68. The smallest absolute Gasteiger partial charge is 0.267 e. The normalized spacial score (nSPS) is 11.4. The first-order valence-corrected chi connectivity index (χ1v) is 8.99. The molecule has 0 saturated heterocycles. The minimum absolute atomic E-state index is 0.128. The minimum atomic E-state index is -3.87. The summed E-state index contributed by atoms with van der Waals surface area (Å²) >= 11 is 0. The number of pyridine rings is 1. The van der Waals surface area contributed by atoms with Crippen LogP contribution in [0.5, 0.6) is 0 Å². The van der Waals surface area contributed by atoms with Gasteiger partial charge in [-0.1, -0.05) is 42.5 Å². The van der Waals surface area contributed by atoms with Crippen LogP contribution in [0, 0.1) is 13.8 Å². The highest BCUT2D eigenvalue weighted by Crippen LogP contribution is 2.24. The number of benzene rings is 2. The van der Waals surface area contributed by atoms with Crippen LogP contribution in [0.3, 0.4) is 0 Å². The molecule has 2 aromatic carbocycles. The van der Waals surface area contributed by atoms with Crippen molar-refractivity contribution in [3.05, 3.63) is 82.1 Å². The molecule has 4 nitrogen and oxygen atoms in total. The van der Waals surface area contributed by atoms with Gasteiger partial charge in [0.2, 0.25) is 9.84 Å². The Labute approximate surface area is 140 Å². The summed E-state index contributed by atoms with van der Waals surface area (Å²) in [5.74, 6) is 0. The van der Waals surface area contributed by atoms with E-state index in [9.17, 15) is 13.2 Å². The average Bonchev–Trinajstić information content (AvgIpc) is 2.55. The van der Waals surface area contributed by atoms with Crippen molar-refractivity contribution < 1.29 is 8.42 Å². The molecule has 0 unspecified atom stereocenters. The topological polar surface area (TPSA) is 67.0 Å². The van der Waals surface area contributed by atoms with Crippen LogP contribution in [0.1, 0.15) is 11.1 Å². The summed E-state index contributed by atoms with van der Waals surface area (Å²) < 4.78 is 25.7. The molecule has 0 bridgehead atoms. The second-order valence-electron chi connectivity index (χ2n) is 5.71. The fraction of sp³-hybridized carbons (Fsp3) is 0.105. The average molecular weight is 339 g/mol. The maximum atomic E-state index is 12.9. The molecule has 0 aliphatic heterocycles. The van der Waals surface area contributed by atoms with E-state index < -0.39 is 15.4 Å². The molecule has 5 heteroatoms. The van der Waals surface area contributed by atoms with Crippen molar-refractivity contribution in [2.24, 2.45) is 0 Å². The van der Waals surface area contributed by atoms with Gasteiger partial charge >= 0.3 is 0 Å². The van der Waals surface area contributed by atoms with Gasteiger partial charge < -0.3 is 4.98 Å². The van der Waals surface area contributed by atoms with Gasteiger partial charge in [-0.2, -0.15) is 0 Å². The summed E-state index contributed by atoms with van der Waals surface area (Å²) in [5.41, 5.74) is 2.08. The molecule has 1 N–H and O–H groups in total. The highest BCUT2D eigenvalue weighted by atomic mass is 32.2. The number of H-pyrrole nitrogens is 1. The van der Waals surface area contributed by atoms with Crippen LogP contribution in [0.2, 0.25) is 0 Å². The first-order valence-electron chi connectivity index (χ1n) is 7.51. The maximum absolute atomic E-state index is 12.9. The zero-order chi connectivity index (χ0) is 17.3. The number of sulfone groups is 1. The monoisotopic (exact) mass is 339 g/mol. The molecule has 0 spiro atoms. The van der Waals surface area contributed by atoms with Gasteiger partial charge in [-0.15, -0.1) is 0 Å². The summed E-state index contributed by atoms with van der Waals surface area (Å²) in [4.78, 5) is 15.1. The SMILES string of the molecule is Cc1cccc(S(=O)(=O)c2c(C)cc(-c3ccccc3)[nH]c2=O)c1. The first kappa shape index (κ1) is 16.2. The second-order valence-corrected chi connectivity index (χ2v) is 7.60. The molecule has 122 valence electrons. The Bertz CT molecular complexity index is 1050. The lowest BCUT2D eigenvalue weighted by Gasteiger charge is -2.10. The predicted octanol–water partition coefficient (Wildman–Crippen LogP) is 3.49. The Morgan fingerprint density at radius 1 is 0.875 bits per heavy atom. The second kappa shape index (κ2) is 6.09. The molecule has 0 saturated carbocycles. The van der Waals surface area contributed by atoms with E-state index in [2.05, 4.69) is 4.98 Å². The number of aromatic amines is 1. The Hall–Kier alpha value is -2.66. The van der Waals surface area contributed by atoms with Crippen LogP contribution < -0.4 is 5.56 Å². The first-order chi connectivity index (χ1) is 11.4. The van der Waals surface area contributed by atoms with Gasteiger partial charge in [0.05, 0.1) is 4.90 Å². The van der Waals surface area contributed by atoms with E-state index in [0.29, 0.717) is 11.3 Å². The van der Waals surface area contributed by atoms with Crippen LogP contribution in [0.4, 0.5) is 0 Å². The van der Waals surface area contributed by atoms with Crippen molar-refractivity contribution in [1.82, 2.24) is 4.98 Å². The van der Waals surface area contributed by atoms with Gasteiger partial charge in [-0.3, -0.25) is 4.79 Å². The number of hydrogen-bond acceptors (Lipinski definition) is 3. The van der Waals surface area contributed by atoms with E-state index in [4.69, 9.17) is 0 Å². The highest BCUT2D eigenvalue weighted by molar-refractivity contribution is 7.91. The van der Waals surface area contributed by atoms with Gasteiger partial charge in [-0.25, -0.2) is 8.42 Å². The molecule has 1 heterocycles. The lowest BCUT2D eigenvalue weighted by atomic mass is 10.1. The Kier molecular flexibility index (Phi) is 4.11. The zero-order valence-corrected chi connectivity index (χ0v) is 14.2. The Morgan fingerprint density at radius 2 is 1.58 bits per heavy atom. The van der Waals surface area contributed by atoms with Gasteiger partial charge in [0.1, 0.15) is 4.90 Å². The van der Waals surface area contributed by atoms with E-state index in [0.717, 1.165) is 11.1 Å². The van der Waals surface area contributed by atoms with Crippen molar-refractivity contribution in [3.8, 4) is 11.3 Å². The van der Waals surface area contributed by atoms with E-state index in [1.807, 2.05) is 43.3 Å². The molecule has 0 atom stereocenters. The number of aryl methyl sites for hydroxylation is 2. The lowest BCUT2D eigenvalue weighted by Crippen LogP contribution is -2.20. The molecule has 0 fully saturated rings. The molecule has 3 rings (SSSR count). The molecule has 24 heavy (non-hydrogen) atoms. The highest BCUT2D eigenvalue weighted by Gasteiger charge is 2.24. The van der Waals surface area contributed by atoms with Crippen LogP contribution >= 0.6 is 0 Å². The maximum Gasteiger partial charge on any atom is 0.267 e. The predicted molar refractivity (Wildman–Crippen MR) is 93.9 cm³/mol. The van der Waals surface area contributed by atoms with Crippen molar-refractivity contribution >= 4 is 9.84 Å². The number of aromatic nitrogens is 1. The molecule has 0 aliphatic rings. The largest absolute Gasteiger partial charge is 0.321 e. The van der Waals surface area contributed by atoms with E-state index in [1.165, 1.54) is 6.07 Å². The van der Waals surface area contributed by atoms with Crippen molar-refractivity contribution in [1.29, 1.82) is 0 Å². The molecular weight excluding hydrogens is 322 g/mol. The van der Waals surface area contributed by atoms with Gasteiger partial charge in [0.15, 0.2) is 0 Å². The number of rotatable bonds is 3. The van der Waals surface area contributed by atoms with Gasteiger partial charge in [0.25, 0.3) is 5.56 Å². The molecular formula is C19H17NO3S.